The van der Waals surface area contributed by atoms with Gasteiger partial charge in [-0.3, -0.25) is 9.59 Å². The van der Waals surface area contributed by atoms with E-state index in [9.17, 15) is 9.59 Å². The number of benzene rings is 3. The summed E-state index contributed by atoms with van der Waals surface area (Å²) < 4.78 is 0. The molecule has 1 unspecified atom stereocenters. The van der Waals surface area contributed by atoms with Crippen LogP contribution in [0.3, 0.4) is 0 Å². The molecular weight excluding hydrogens is 434 g/mol. The lowest BCUT2D eigenvalue weighted by Gasteiger charge is -2.36. The lowest BCUT2D eigenvalue weighted by atomic mass is 9.95. The van der Waals surface area contributed by atoms with Crippen molar-refractivity contribution in [3.8, 4) is 0 Å². The normalized spacial score (nSPS) is 14.2. The summed E-state index contributed by atoms with van der Waals surface area (Å²) in [7, 11) is 0. The zero-order valence-corrected chi connectivity index (χ0v) is 19.6. The molecule has 0 aliphatic carbocycles. The number of nitrogens with one attached hydrogen (secondary N) is 1. The van der Waals surface area contributed by atoms with Crippen LogP contribution in [-0.2, 0) is 4.79 Å². The summed E-state index contributed by atoms with van der Waals surface area (Å²) >= 11 is 0. The largest absolute Gasteiger partial charge is 0.368 e. The van der Waals surface area contributed by atoms with Gasteiger partial charge in [0.1, 0.15) is 0 Å². The molecule has 4 rings (SSSR count). The highest BCUT2D eigenvalue weighted by Crippen LogP contribution is 2.25. The van der Waals surface area contributed by atoms with E-state index >= 15 is 0 Å². The number of piperazine rings is 1. The second-order valence-electron chi connectivity index (χ2n) is 8.02. The van der Waals surface area contributed by atoms with E-state index in [1.807, 2.05) is 78.6 Å². The fraction of sp³-hybridized carbons (Fsp3) is 0.259. The minimum Gasteiger partial charge on any atom is -0.368 e. The summed E-state index contributed by atoms with van der Waals surface area (Å²) in [4.78, 5) is 30.5. The Labute approximate surface area is 201 Å². The predicted molar refractivity (Wildman–Crippen MR) is 136 cm³/mol. The minimum atomic E-state index is -0.256. The summed E-state index contributed by atoms with van der Waals surface area (Å²) in [5, 5.41) is 3.02. The molecule has 1 heterocycles. The lowest BCUT2D eigenvalue weighted by Crippen LogP contribution is -2.49. The van der Waals surface area contributed by atoms with Gasteiger partial charge in [0.25, 0.3) is 5.91 Å². The van der Waals surface area contributed by atoms with Crippen LogP contribution in [0.2, 0.25) is 0 Å². The van der Waals surface area contributed by atoms with E-state index in [0.717, 1.165) is 18.7 Å². The van der Waals surface area contributed by atoms with Crippen molar-refractivity contribution in [2.45, 2.75) is 19.3 Å². The highest BCUT2D eigenvalue weighted by molar-refractivity contribution is 6.05. The van der Waals surface area contributed by atoms with Gasteiger partial charge in [0, 0.05) is 31.9 Å². The first-order chi connectivity index (χ1) is 15.7. The Morgan fingerprint density at radius 1 is 0.818 bits per heavy atom. The summed E-state index contributed by atoms with van der Waals surface area (Å²) in [6, 6.07) is 27.3. The quantitative estimate of drug-likeness (QED) is 0.546. The zero-order chi connectivity index (χ0) is 22.3. The van der Waals surface area contributed by atoms with Gasteiger partial charge in [0.2, 0.25) is 5.91 Å². The fourth-order valence-corrected chi connectivity index (χ4v) is 4.23. The molecule has 0 aromatic heterocycles. The number of nitrogens with zero attached hydrogens (tertiary/aromatic N) is 2. The van der Waals surface area contributed by atoms with Crippen LogP contribution >= 0.6 is 12.4 Å². The standard InChI is InChI=1S/C27H29N3O2.ClH/c1-2-23(21-11-5-3-6-12-21)26(31)28-25-16-10-9-15-24(25)27(32)30-19-17-29(18-20-30)22-13-7-4-8-14-22;/h3-16,23H,2,17-20H2,1H3,(H,28,31);1H. The highest BCUT2D eigenvalue weighted by Gasteiger charge is 2.25. The number of hydrogen-bond acceptors (Lipinski definition) is 3. The number of halogens is 1. The topological polar surface area (TPSA) is 52.7 Å². The van der Waals surface area contributed by atoms with E-state index in [4.69, 9.17) is 0 Å². The third kappa shape index (κ3) is 5.74. The Bertz CT molecular complexity index is 1050. The van der Waals surface area contributed by atoms with Crippen molar-refractivity contribution >= 4 is 35.6 Å². The van der Waals surface area contributed by atoms with Gasteiger partial charge in [-0.1, -0.05) is 67.6 Å². The Balaban J connectivity index is 0.00000306. The third-order valence-corrected chi connectivity index (χ3v) is 6.03. The van der Waals surface area contributed by atoms with Crippen molar-refractivity contribution in [2.24, 2.45) is 0 Å². The van der Waals surface area contributed by atoms with Gasteiger partial charge < -0.3 is 15.1 Å². The molecule has 1 aliphatic rings. The molecule has 5 nitrogen and oxygen atoms in total. The molecule has 33 heavy (non-hydrogen) atoms. The van der Waals surface area contributed by atoms with Gasteiger partial charge in [-0.25, -0.2) is 0 Å². The van der Waals surface area contributed by atoms with Crippen LogP contribution in [0.15, 0.2) is 84.9 Å². The van der Waals surface area contributed by atoms with Crippen LogP contribution in [0.25, 0.3) is 0 Å². The summed E-state index contributed by atoms with van der Waals surface area (Å²) in [6.45, 7) is 4.88. The second-order valence-corrected chi connectivity index (χ2v) is 8.02. The average molecular weight is 464 g/mol. The Morgan fingerprint density at radius 3 is 2.03 bits per heavy atom. The first kappa shape index (κ1) is 24.3. The molecule has 0 bridgehead atoms. The monoisotopic (exact) mass is 463 g/mol. The van der Waals surface area contributed by atoms with Gasteiger partial charge in [-0.2, -0.15) is 0 Å². The number of carbonyl (C=O) groups is 2. The van der Waals surface area contributed by atoms with Crippen LogP contribution in [0.4, 0.5) is 11.4 Å². The molecule has 1 saturated heterocycles. The smallest absolute Gasteiger partial charge is 0.256 e. The van der Waals surface area contributed by atoms with Gasteiger partial charge in [0.05, 0.1) is 17.2 Å². The van der Waals surface area contributed by atoms with Gasteiger partial charge in [-0.05, 0) is 36.2 Å². The highest BCUT2D eigenvalue weighted by atomic mass is 35.5. The first-order valence-electron chi connectivity index (χ1n) is 11.2. The van der Waals surface area contributed by atoms with Crippen LogP contribution < -0.4 is 10.2 Å². The van der Waals surface area contributed by atoms with Crippen molar-refractivity contribution < 1.29 is 9.59 Å². The molecular formula is C27H30ClN3O2. The van der Waals surface area contributed by atoms with Gasteiger partial charge in [-0.15, -0.1) is 12.4 Å². The first-order valence-corrected chi connectivity index (χ1v) is 11.2. The lowest BCUT2D eigenvalue weighted by molar-refractivity contribution is -0.117. The van der Waals surface area contributed by atoms with Crippen LogP contribution in [0.1, 0.15) is 35.2 Å². The number of amides is 2. The number of hydrogen-bond donors (Lipinski definition) is 1. The van der Waals surface area contributed by atoms with E-state index in [1.165, 1.54) is 5.69 Å². The Morgan fingerprint density at radius 2 is 1.39 bits per heavy atom. The van der Waals surface area contributed by atoms with Crippen molar-refractivity contribution in [3.63, 3.8) is 0 Å². The summed E-state index contributed by atoms with van der Waals surface area (Å²) in [5.41, 5.74) is 3.27. The average Bonchev–Trinajstić information content (AvgIpc) is 2.86. The maximum absolute atomic E-state index is 13.3. The number of rotatable bonds is 6. The van der Waals surface area contributed by atoms with E-state index in [1.54, 1.807) is 6.07 Å². The maximum Gasteiger partial charge on any atom is 0.256 e. The van der Waals surface area contributed by atoms with Crippen molar-refractivity contribution in [2.75, 3.05) is 36.4 Å². The second kappa shape index (κ2) is 11.5. The van der Waals surface area contributed by atoms with E-state index in [2.05, 4.69) is 22.3 Å². The third-order valence-electron chi connectivity index (χ3n) is 6.03. The molecule has 0 saturated carbocycles. The number of anilines is 2. The summed E-state index contributed by atoms with van der Waals surface area (Å²) in [6.07, 6.45) is 0.688. The molecule has 1 atom stereocenters. The van der Waals surface area contributed by atoms with E-state index < -0.39 is 0 Å². The minimum absolute atomic E-state index is 0. The van der Waals surface area contributed by atoms with Gasteiger partial charge in [0.15, 0.2) is 0 Å². The molecule has 6 heteroatoms. The van der Waals surface area contributed by atoms with Crippen LogP contribution in [0.5, 0.6) is 0 Å². The molecule has 3 aromatic rings. The Kier molecular flexibility index (Phi) is 8.50. The van der Waals surface area contributed by atoms with Crippen LogP contribution in [-0.4, -0.2) is 42.9 Å². The molecule has 0 radical (unpaired) electrons. The van der Waals surface area contributed by atoms with Crippen molar-refractivity contribution in [1.82, 2.24) is 4.90 Å². The van der Waals surface area contributed by atoms with E-state index in [-0.39, 0.29) is 30.1 Å². The Hall–Kier alpha value is -3.31. The summed E-state index contributed by atoms with van der Waals surface area (Å²) in [5.74, 6) is -0.386. The van der Waals surface area contributed by atoms with Crippen molar-refractivity contribution in [1.29, 1.82) is 0 Å². The molecule has 3 aromatic carbocycles. The number of para-hydroxylation sites is 2. The van der Waals surface area contributed by atoms with Gasteiger partial charge >= 0.3 is 0 Å². The van der Waals surface area contributed by atoms with Crippen LogP contribution in [0, 0.1) is 0 Å². The SMILES string of the molecule is CCC(C(=O)Nc1ccccc1C(=O)N1CCN(c2ccccc2)CC1)c1ccccc1.Cl. The molecule has 2 amide bonds. The van der Waals surface area contributed by atoms with E-state index in [0.29, 0.717) is 30.8 Å². The number of carbonyl (C=O) groups excluding carboxylic acids is 2. The maximum atomic E-state index is 13.3. The molecule has 1 N–H and O–H groups in total. The molecule has 1 aliphatic heterocycles. The fourth-order valence-electron chi connectivity index (χ4n) is 4.23. The molecule has 1 fully saturated rings. The van der Waals surface area contributed by atoms with Crippen molar-refractivity contribution in [3.05, 3.63) is 96.1 Å². The molecule has 172 valence electrons. The zero-order valence-electron chi connectivity index (χ0n) is 18.8. The predicted octanol–water partition coefficient (Wildman–Crippen LogP) is 5.20. The molecule has 0 spiro atoms.